The van der Waals surface area contributed by atoms with E-state index < -0.39 is 10.0 Å². The number of anilines is 1. The minimum atomic E-state index is -3.26. The summed E-state index contributed by atoms with van der Waals surface area (Å²) in [6.07, 6.45) is 11.1. The predicted molar refractivity (Wildman–Crippen MR) is 131 cm³/mol. The number of hydrogen-bond donors (Lipinski definition) is 1. The Hall–Kier alpha value is -2.46. The van der Waals surface area contributed by atoms with Crippen LogP contribution in [0.2, 0.25) is 0 Å². The number of nitrogens with one attached hydrogen (secondary N) is 1. The first-order chi connectivity index (χ1) is 16.7. The molecule has 1 aliphatic heterocycles. The van der Waals surface area contributed by atoms with Crippen LogP contribution < -0.4 is 5.32 Å². The largest absolute Gasteiger partial charge is 0.335 e. The standard InChI is InChI=1S/C25H33N5O4S/c1-35(33,34)29-7-5-28(6-8-29)24(32)20-16-30-21(26-20)3-2-4-22(30)27-23(31)15-25-12-17-9-18(13-25)11-19(10-17)14-25/h2-4,16-19H,5-15H2,1H3,(H,27,31). The molecule has 0 spiro atoms. The van der Waals surface area contributed by atoms with Crippen molar-refractivity contribution in [2.24, 2.45) is 23.2 Å². The maximum atomic E-state index is 13.2. The number of rotatable bonds is 5. The zero-order valence-corrected chi connectivity index (χ0v) is 21.0. The highest BCUT2D eigenvalue weighted by atomic mass is 32.2. The van der Waals surface area contributed by atoms with Gasteiger partial charge in [0.1, 0.15) is 17.2 Å². The van der Waals surface area contributed by atoms with E-state index in [1.54, 1.807) is 15.5 Å². The van der Waals surface area contributed by atoms with E-state index in [1.165, 1.54) is 49.1 Å². The lowest BCUT2D eigenvalue weighted by Gasteiger charge is -2.56. The first-order valence-electron chi connectivity index (χ1n) is 12.7. The Labute approximate surface area is 205 Å². The number of imidazole rings is 1. The smallest absolute Gasteiger partial charge is 0.274 e. The molecule has 1 saturated heterocycles. The lowest BCUT2D eigenvalue weighted by atomic mass is 9.49. The molecule has 4 aliphatic carbocycles. The first kappa shape index (κ1) is 23.0. The minimum absolute atomic E-state index is 0.0397. The van der Waals surface area contributed by atoms with E-state index in [2.05, 4.69) is 10.3 Å². The van der Waals surface area contributed by atoms with Crippen LogP contribution in [0.4, 0.5) is 5.82 Å². The first-order valence-corrected chi connectivity index (χ1v) is 14.5. The van der Waals surface area contributed by atoms with Crippen molar-refractivity contribution in [3.8, 4) is 0 Å². The fourth-order valence-electron chi connectivity index (χ4n) is 7.63. The molecule has 2 aromatic rings. The molecular formula is C25H33N5O4S. The Morgan fingerprint density at radius 2 is 1.66 bits per heavy atom. The van der Waals surface area contributed by atoms with E-state index in [4.69, 9.17) is 0 Å². The molecule has 9 nitrogen and oxygen atoms in total. The number of fused-ring (bicyclic) bond motifs is 1. The summed E-state index contributed by atoms with van der Waals surface area (Å²) in [5.41, 5.74) is 1.05. The second-order valence-electron chi connectivity index (χ2n) is 11.4. The van der Waals surface area contributed by atoms with Crippen LogP contribution in [0, 0.1) is 23.2 Å². The molecule has 1 N–H and O–H groups in total. The minimum Gasteiger partial charge on any atom is -0.335 e. The van der Waals surface area contributed by atoms with Gasteiger partial charge in [0.15, 0.2) is 0 Å². The molecule has 35 heavy (non-hydrogen) atoms. The lowest BCUT2D eigenvalue weighted by Crippen LogP contribution is -2.50. The van der Waals surface area contributed by atoms with Crippen LogP contribution in [-0.2, 0) is 14.8 Å². The van der Waals surface area contributed by atoms with Gasteiger partial charge in [0.05, 0.1) is 6.26 Å². The van der Waals surface area contributed by atoms with E-state index in [9.17, 15) is 18.0 Å². The van der Waals surface area contributed by atoms with Gasteiger partial charge < -0.3 is 10.2 Å². The Kier molecular flexibility index (Phi) is 5.45. The van der Waals surface area contributed by atoms with Crippen molar-refractivity contribution in [1.29, 1.82) is 0 Å². The van der Waals surface area contributed by atoms with Crippen molar-refractivity contribution >= 4 is 33.3 Å². The van der Waals surface area contributed by atoms with E-state index in [-0.39, 0.29) is 30.3 Å². The average molecular weight is 500 g/mol. The van der Waals surface area contributed by atoms with Gasteiger partial charge in [0, 0.05) is 38.8 Å². The average Bonchev–Trinajstić information content (AvgIpc) is 3.22. The van der Waals surface area contributed by atoms with Crippen molar-refractivity contribution in [2.45, 2.75) is 44.9 Å². The van der Waals surface area contributed by atoms with Crippen LogP contribution >= 0.6 is 0 Å². The van der Waals surface area contributed by atoms with Gasteiger partial charge in [-0.1, -0.05) is 6.07 Å². The zero-order valence-electron chi connectivity index (χ0n) is 20.1. The van der Waals surface area contributed by atoms with Gasteiger partial charge in [-0.2, -0.15) is 4.31 Å². The third-order valence-corrected chi connectivity index (χ3v) is 9.98. The molecule has 2 aromatic heterocycles. The molecule has 5 fully saturated rings. The summed E-state index contributed by atoms with van der Waals surface area (Å²) in [4.78, 5) is 32.4. The van der Waals surface area contributed by atoms with Crippen molar-refractivity contribution in [3.63, 3.8) is 0 Å². The predicted octanol–water partition coefficient (Wildman–Crippen LogP) is 2.60. The number of aromatic nitrogens is 2. The number of amides is 2. The van der Waals surface area contributed by atoms with Gasteiger partial charge in [0.2, 0.25) is 15.9 Å². The molecule has 3 heterocycles. The zero-order chi connectivity index (χ0) is 24.4. The van der Waals surface area contributed by atoms with E-state index in [0.717, 1.165) is 17.8 Å². The number of hydrogen-bond acceptors (Lipinski definition) is 5. The third-order valence-electron chi connectivity index (χ3n) is 8.67. The molecule has 188 valence electrons. The Bertz CT molecular complexity index is 1240. The maximum absolute atomic E-state index is 13.2. The van der Waals surface area contributed by atoms with Gasteiger partial charge in [-0.05, 0) is 73.8 Å². The fraction of sp³-hybridized carbons (Fsp3) is 0.640. The van der Waals surface area contributed by atoms with Crippen LogP contribution in [0.15, 0.2) is 24.4 Å². The van der Waals surface area contributed by atoms with E-state index in [0.29, 0.717) is 36.7 Å². The van der Waals surface area contributed by atoms with Gasteiger partial charge in [-0.15, -0.1) is 0 Å². The summed E-state index contributed by atoms with van der Waals surface area (Å²) in [6.45, 7) is 1.22. The lowest BCUT2D eigenvalue weighted by molar-refractivity contribution is -0.124. The van der Waals surface area contributed by atoms with Crippen LogP contribution in [0.5, 0.6) is 0 Å². The van der Waals surface area contributed by atoms with Gasteiger partial charge >= 0.3 is 0 Å². The Morgan fingerprint density at radius 3 is 2.26 bits per heavy atom. The molecule has 0 unspecified atom stereocenters. The Balaban J connectivity index is 1.15. The van der Waals surface area contributed by atoms with Gasteiger partial charge in [-0.25, -0.2) is 13.4 Å². The molecule has 5 aliphatic rings. The highest BCUT2D eigenvalue weighted by molar-refractivity contribution is 7.88. The second kappa shape index (κ2) is 8.30. The number of pyridine rings is 1. The number of piperazine rings is 1. The normalized spacial score (nSPS) is 30.7. The van der Waals surface area contributed by atoms with Crippen molar-refractivity contribution < 1.29 is 18.0 Å². The maximum Gasteiger partial charge on any atom is 0.274 e. The summed E-state index contributed by atoms with van der Waals surface area (Å²) in [5, 5.41) is 3.10. The molecule has 0 atom stereocenters. The summed E-state index contributed by atoms with van der Waals surface area (Å²) < 4.78 is 26.6. The van der Waals surface area contributed by atoms with E-state index >= 15 is 0 Å². The number of carbonyl (C=O) groups excluding carboxylic acids is 2. The second-order valence-corrected chi connectivity index (χ2v) is 13.3. The number of carbonyl (C=O) groups is 2. The van der Waals surface area contributed by atoms with Crippen LogP contribution in [0.25, 0.3) is 5.65 Å². The van der Waals surface area contributed by atoms with Crippen molar-refractivity contribution in [3.05, 3.63) is 30.1 Å². The van der Waals surface area contributed by atoms with Crippen molar-refractivity contribution in [1.82, 2.24) is 18.6 Å². The fourth-order valence-corrected chi connectivity index (χ4v) is 8.46. The highest BCUT2D eigenvalue weighted by Crippen LogP contribution is 2.61. The summed E-state index contributed by atoms with van der Waals surface area (Å²) in [6, 6.07) is 5.49. The van der Waals surface area contributed by atoms with Gasteiger partial charge in [-0.3, -0.25) is 14.0 Å². The summed E-state index contributed by atoms with van der Waals surface area (Å²) in [5.74, 6) is 2.84. The summed E-state index contributed by atoms with van der Waals surface area (Å²) >= 11 is 0. The molecule has 10 heteroatoms. The topological polar surface area (TPSA) is 104 Å². The molecular weight excluding hydrogens is 466 g/mol. The highest BCUT2D eigenvalue weighted by Gasteiger charge is 2.51. The van der Waals surface area contributed by atoms with E-state index in [1.807, 2.05) is 18.2 Å². The monoisotopic (exact) mass is 499 g/mol. The van der Waals surface area contributed by atoms with Crippen LogP contribution in [0.1, 0.15) is 55.4 Å². The molecule has 0 radical (unpaired) electrons. The van der Waals surface area contributed by atoms with Crippen molar-refractivity contribution in [2.75, 3.05) is 37.8 Å². The quantitative estimate of drug-likeness (QED) is 0.681. The number of sulfonamides is 1. The SMILES string of the molecule is CS(=O)(=O)N1CCN(C(=O)c2cn3c(NC(=O)CC45CC6CC(CC(C6)C4)C5)cccc3n2)CC1. The molecule has 0 aromatic carbocycles. The van der Waals surface area contributed by atoms with Gasteiger partial charge in [0.25, 0.3) is 5.91 Å². The third kappa shape index (κ3) is 4.35. The van der Waals surface area contributed by atoms with Crippen LogP contribution in [0.3, 0.4) is 0 Å². The molecule has 4 saturated carbocycles. The molecule has 4 bridgehead atoms. The number of nitrogens with zero attached hydrogens (tertiary/aromatic N) is 4. The molecule has 7 rings (SSSR count). The molecule has 2 amide bonds. The summed E-state index contributed by atoms with van der Waals surface area (Å²) in [7, 11) is -3.26. The Morgan fingerprint density at radius 1 is 1.03 bits per heavy atom. The van der Waals surface area contributed by atoms with Crippen LogP contribution in [-0.4, -0.2) is 71.3 Å².